The molecule has 1 aliphatic rings. The summed E-state index contributed by atoms with van der Waals surface area (Å²) >= 11 is 0. The average Bonchev–Trinajstić information content (AvgIpc) is 2.43. The van der Waals surface area contributed by atoms with Crippen LogP contribution in [-0.4, -0.2) is 37.1 Å². The van der Waals surface area contributed by atoms with Gasteiger partial charge in [-0.1, -0.05) is 30.5 Å². The van der Waals surface area contributed by atoms with Crippen LogP contribution in [0.1, 0.15) is 42.4 Å². The normalized spacial score (nSPS) is 21.7. The van der Waals surface area contributed by atoms with E-state index in [9.17, 15) is 4.79 Å². The van der Waals surface area contributed by atoms with Crippen molar-refractivity contribution in [2.75, 3.05) is 19.4 Å². The number of aryl methyl sites for hydroxylation is 3. The molecule has 0 heterocycles. The highest BCUT2D eigenvalue weighted by molar-refractivity contribution is 5.91. The predicted octanol–water partition coefficient (Wildman–Crippen LogP) is 3.61. The van der Waals surface area contributed by atoms with Crippen molar-refractivity contribution >= 4 is 11.7 Å². The van der Waals surface area contributed by atoms with E-state index < -0.39 is 0 Å². The van der Waals surface area contributed by atoms with E-state index in [1.165, 1.54) is 18.4 Å². The van der Waals surface area contributed by atoms with E-state index in [1.807, 2.05) is 13.8 Å². The number of nitrogens with one attached hydrogen (secondary N) is 2. The molecule has 0 unspecified atom stereocenters. The lowest BCUT2D eigenvalue weighted by Crippen LogP contribution is -2.52. The highest BCUT2D eigenvalue weighted by Gasteiger charge is 2.28. The van der Waals surface area contributed by atoms with Gasteiger partial charge in [-0.3, -0.25) is 0 Å². The maximum atomic E-state index is 12.4. The summed E-state index contributed by atoms with van der Waals surface area (Å²) in [7, 11) is 4.19. The van der Waals surface area contributed by atoms with E-state index in [-0.39, 0.29) is 12.1 Å². The van der Waals surface area contributed by atoms with Crippen LogP contribution < -0.4 is 10.6 Å². The fourth-order valence-electron chi connectivity index (χ4n) is 3.59. The Morgan fingerprint density at radius 2 is 1.68 bits per heavy atom. The van der Waals surface area contributed by atoms with Crippen LogP contribution in [0.4, 0.5) is 10.5 Å². The molecule has 0 aliphatic heterocycles. The molecule has 4 heteroatoms. The van der Waals surface area contributed by atoms with Crippen LogP contribution in [0.3, 0.4) is 0 Å². The summed E-state index contributed by atoms with van der Waals surface area (Å²) < 4.78 is 0. The number of anilines is 1. The van der Waals surface area contributed by atoms with Gasteiger partial charge in [-0.25, -0.2) is 4.79 Å². The van der Waals surface area contributed by atoms with Crippen molar-refractivity contribution in [3.8, 4) is 0 Å². The molecule has 0 aromatic heterocycles. The Labute approximate surface area is 134 Å². The summed E-state index contributed by atoms with van der Waals surface area (Å²) in [6, 6.07) is 4.78. The standard InChI is InChI=1S/C18H29N3O/c1-12-10-13(2)17(14(3)11-12)20-18(22)19-15-8-6-7-9-16(15)21(4)5/h10-11,15-16H,6-9H2,1-5H3,(H2,19,20,22)/t15-,16-/m1/s1. The average molecular weight is 303 g/mol. The number of hydrogen-bond acceptors (Lipinski definition) is 2. The Hall–Kier alpha value is -1.55. The molecule has 0 spiro atoms. The minimum Gasteiger partial charge on any atom is -0.334 e. The van der Waals surface area contributed by atoms with Gasteiger partial charge in [-0.2, -0.15) is 0 Å². The molecule has 1 fully saturated rings. The van der Waals surface area contributed by atoms with E-state index in [0.717, 1.165) is 29.7 Å². The number of nitrogens with zero attached hydrogens (tertiary/aromatic N) is 1. The molecule has 4 nitrogen and oxygen atoms in total. The second kappa shape index (κ2) is 7.14. The van der Waals surface area contributed by atoms with Crippen molar-refractivity contribution in [3.63, 3.8) is 0 Å². The maximum Gasteiger partial charge on any atom is 0.319 e. The second-order valence-corrected chi connectivity index (χ2v) is 6.79. The van der Waals surface area contributed by atoms with Gasteiger partial charge >= 0.3 is 6.03 Å². The van der Waals surface area contributed by atoms with Crippen LogP contribution in [0.2, 0.25) is 0 Å². The fourth-order valence-corrected chi connectivity index (χ4v) is 3.59. The molecule has 2 N–H and O–H groups in total. The summed E-state index contributed by atoms with van der Waals surface area (Å²) in [5, 5.41) is 6.22. The van der Waals surface area contributed by atoms with Gasteiger partial charge < -0.3 is 15.5 Å². The quantitative estimate of drug-likeness (QED) is 0.896. The molecule has 2 atom stereocenters. The number of carbonyl (C=O) groups is 1. The molecule has 1 aromatic carbocycles. The smallest absolute Gasteiger partial charge is 0.319 e. The zero-order chi connectivity index (χ0) is 16.3. The first-order valence-corrected chi connectivity index (χ1v) is 8.20. The van der Waals surface area contributed by atoms with E-state index in [0.29, 0.717) is 6.04 Å². The molecule has 2 rings (SSSR count). The summed E-state index contributed by atoms with van der Waals surface area (Å²) in [6.45, 7) is 6.16. The van der Waals surface area contributed by atoms with Crippen molar-refractivity contribution in [3.05, 3.63) is 28.8 Å². The van der Waals surface area contributed by atoms with Crippen molar-refractivity contribution < 1.29 is 4.79 Å². The third-order valence-corrected chi connectivity index (χ3v) is 4.62. The monoisotopic (exact) mass is 303 g/mol. The number of urea groups is 1. The molecule has 2 amide bonds. The number of benzene rings is 1. The molecule has 0 radical (unpaired) electrons. The minimum atomic E-state index is -0.0891. The molecular formula is C18H29N3O. The van der Waals surface area contributed by atoms with Crippen molar-refractivity contribution in [1.29, 1.82) is 0 Å². The van der Waals surface area contributed by atoms with Crippen molar-refractivity contribution in [1.82, 2.24) is 10.2 Å². The molecule has 122 valence electrons. The highest BCUT2D eigenvalue weighted by Crippen LogP contribution is 2.24. The topological polar surface area (TPSA) is 44.4 Å². The van der Waals surface area contributed by atoms with Crippen LogP contribution in [0.15, 0.2) is 12.1 Å². The Morgan fingerprint density at radius 3 is 2.27 bits per heavy atom. The third-order valence-electron chi connectivity index (χ3n) is 4.62. The molecule has 1 aromatic rings. The van der Waals surface area contributed by atoms with Crippen LogP contribution in [-0.2, 0) is 0 Å². The Kier molecular flexibility index (Phi) is 5.46. The lowest BCUT2D eigenvalue weighted by molar-refractivity contribution is 0.178. The largest absolute Gasteiger partial charge is 0.334 e. The Bertz CT molecular complexity index is 516. The SMILES string of the molecule is Cc1cc(C)c(NC(=O)N[C@@H]2CCCC[C@H]2N(C)C)c(C)c1. The lowest BCUT2D eigenvalue weighted by Gasteiger charge is -2.36. The summed E-state index contributed by atoms with van der Waals surface area (Å²) in [5.41, 5.74) is 4.38. The van der Waals surface area contributed by atoms with E-state index >= 15 is 0 Å². The predicted molar refractivity (Wildman–Crippen MR) is 92.5 cm³/mol. The molecule has 0 bridgehead atoms. The summed E-state index contributed by atoms with van der Waals surface area (Å²) in [4.78, 5) is 14.6. The number of hydrogen-bond donors (Lipinski definition) is 2. The maximum absolute atomic E-state index is 12.4. The van der Waals surface area contributed by atoms with Crippen LogP contribution in [0, 0.1) is 20.8 Å². The first-order valence-electron chi connectivity index (χ1n) is 8.20. The van der Waals surface area contributed by atoms with Gasteiger partial charge in [-0.15, -0.1) is 0 Å². The third kappa shape index (κ3) is 4.01. The number of amides is 2. The van der Waals surface area contributed by atoms with Gasteiger partial charge in [0.1, 0.15) is 0 Å². The van der Waals surface area contributed by atoms with Gasteiger partial charge in [0.25, 0.3) is 0 Å². The minimum absolute atomic E-state index is 0.0891. The number of likely N-dealkylation sites (N-methyl/N-ethyl adjacent to an activating group) is 1. The summed E-state index contributed by atoms with van der Waals surface area (Å²) in [5.74, 6) is 0. The molecular weight excluding hydrogens is 274 g/mol. The van der Waals surface area contributed by atoms with E-state index in [1.54, 1.807) is 0 Å². The van der Waals surface area contributed by atoms with Gasteiger partial charge in [0.15, 0.2) is 0 Å². The van der Waals surface area contributed by atoms with Crippen LogP contribution in [0.5, 0.6) is 0 Å². The van der Waals surface area contributed by atoms with Crippen LogP contribution in [0.25, 0.3) is 0 Å². The Balaban J connectivity index is 2.03. The fraction of sp³-hybridized carbons (Fsp3) is 0.611. The first kappa shape index (κ1) is 16.8. The first-order chi connectivity index (χ1) is 10.4. The van der Waals surface area contributed by atoms with E-state index in [4.69, 9.17) is 0 Å². The molecule has 0 saturated heterocycles. The molecule has 1 aliphatic carbocycles. The van der Waals surface area contributed by atoms with E-state index in [2.05, 4.69) is 48.7 Å². The van der Waals surface area contributed by atoms with Crippen LogP contribution >= 0.6 is 0 Å². The summed E-state index contributed by atoms with van der Waals surface area (Å²) in [6.07, 6.45) is 4.65. The zero-order valence-corrected chi connectivity index (χ0v) is 14.5. The highest BCUT2D eigenvalue weighted by atomic mass is 16.2. The Morgan fingerprint density at radius 1 is 1.09 bits per heavy atom. The van der Waals surface area contributed by atoms with Crippen molar-refractivity contribution in [2.45, 2.75) is 58.5 Å². The zero-order valence-electron chi connectivity index (χ0n) is 14.5. The molecule has 1 saturated carbocycles. The number of rotatable bonds is 3. The second-order valence-electron chi connectivity index (χ2n) is 6.79. The van der Waals surface area contributed by atoms with Gasteiger partial charge in [-0.05, 0) is 58.8 Å². The number of carbonyl (C=O) groups excluding carboxylic acids is 1. The van der Waals surface area contributed by atoms with Crippen molar-refractivity contribution in [2.24, 2.45) is 0 Å². The van der Waals surface area contributed by atoms with Gasteiger partial charge in [0.05, 0.1) is 0 Å². The lowest BCUT2D eigenvalue weighted by atomic mass is 9.89. The van der Waals surface area contributed by atoms with Gasteiger partial charge in [0, 0.05) is 17.8 Å². The molecule has 22 heavy (non-hydrogen) atoms. The van der Waals surface area contributed by atoms with Gasteiger partial charge in [0.2, 0.25) is 0 Å².